The molecule has 1 unspecified atom stereocenters. The Hall–Kier alpha value is -3.33. The summed E-state index contributed by atoms with van der Waals surface area (Å²) in [6.45, 7) is 1.72. The SMILES string of the molecule is CC(C(=O)Nc1ccc(NC(=O)CCC(=O)c2cccs2)cc1)n1cncn1. The number of carbonyl (C=O) groups is 3. The second-order valence-electron chi connectivity index (χ2n) is 6.07. The molecule has 0 bridgehead atoms. The van der Waals surface area contributed by atoms with E-state index in [1.807, 2.05) is 11.4 Å². The Balaban J connectivity index is 1.48. The molecular formula is C19H19N5O3S. The van der Waals surface area contributed by atoms with Crippen molar-refractivity contribution in [2.75, 3.05) is 10.6 Å². The molecule has 0 aliphatic rings. The molecule has 2 N–H and O–H groups in total. The zero-order valence-electron chi connectivity index (χ0n) is 15.2. The second kappa shape index (κ2) is 9.05. The molecule has 2 heterocycles. The highest BCUT2D eigenvalue weighted by Gasteiger charge is 2.15. The molecule has 2 aromatic heterocycles. The number of aromatic nitrogens is 3. The van der Waals surface area contributed by atoms with Crippen LogP contribution in [0.25, 0.3) is 0 Å². The van der Waals surface area contributed by atoms with Gasteiger partial charge in [0.15, 0.2) is 5.78 Å². The Morgan fingerprint density at radius 1 is 1.07 bits per heavy atom. The molecule has 0 spiro atoms. The Morgan fingerprint density at radius 3 is 2.39 bits per heavy atom. The first-order valence-electron chi connectivity index (χ1n) is 8.64. The van der Waals surface area contributed by atoms with Crippen molar-refractivity contribution in [2.24, 2.45) is 0 Å². The van der Waals surface area contributed by atoms with Crippen LogP contribution in [0.1, 0.15) is 35.5 Å². The smallest absolute Gasteiger partial charge is 0.249 e. The van der Waals surface area contributed by atoms with Gasteiger partial charge in [-0.15, -0.1) is 11.3 Å². The number of thiophene rings is 1. The number of hydrogen-bond donors (Lipinski definition) is 2. The summed E-state index contributed by atoms with van der Waals surface area (Å²) in [6, 6.07) is 9.83. The molecule has 9 heteroatoms. The number of carbonyl (C=O) groups excluding carboxylic acids is 3. The normalized spacial score (nSPS) is 11.6. The lowest BCUT2D eigenvalue weighted by Gasteiger charge is -2.12. The van der Waals surface area contributed by atoms with Gasteiger partial charge in [-0.05, 0) is 42.6 Å². The summed E-state index contributed by atoms with van der Waals surface area (Å²) in [4.78, 5) is 40.7. The van der Waals surface area contributed by atoms with E-state index in [-0.39, 0.29) is 30.4 Å². The van der Waals surface area contributed by atoms with E-state index in [9.17, 15) is 14.4 Å². The Bertz CT molecular complexity index is 937. The van der Waals surface area contributed by atoms with Crippen LogP contribution in [0, 0.1) is 0 Å². The van der Waals surface area contributed by atoms with Crippen molar-refractivity contribution in [2.45, 2.75) is 25.8 Å². The van der Waals surface area contributed by atoms with E-state index in [0.29, 0.717) is 16.3 Å². The average Bonchev–Trinajstić information content (AvgIpc) is 3.41. The van der Waals surface area contributed by atoms with Crippen molar-refractivity contribution < 1.29 is 14.4 Å². The average molecular weight is 397 g/mol. The first-order valence-corrected chi connectivity index (χ1v) is 9.52. The number of Topliss-reactive ketones (excluding diaryl/α,β-unsaturated/α-hetero) is 1. The highest BCUT2D eigenvalue weighted by atomic mass is 32.1. The van der Waals surface area contributed by atoms with Crippen molar-refractivity contribution in [3.05, 3.63) is 59.3 Å². The summed E-state index contributed by atoms with van der Waals surface area (Å²) in [5.74, 6) is -0.499. The summed E-state index contributed by atoms with van der Waals surface area (Å²) in [7, 11) is 0. The van der Waals surface area contributed by atoms with Crippen molar-refractivity contribution in [1.82, 2.24) is 14.8 Å². The molecule has 0 saturated carbocycles. The van der Waals surface area contributed by atoms with Crippen LogP contribution in [0.5, 0.6) is 0 Å². The Morgan fingerprint density at radius 2 is 1.79 bits per heavy atom. The lowest BCUT2D eigenvalue weighted by atomic mass is 10.2. The van der Waals surface area contributed by atoms with Crippen LogP contribution in [0.4, 0.5) is 11.4 Å². The minimum absolute atomic E-state index is 0.0373. The number of amides is 2. The predicted molar refractivity (Wildman–Crippen MR) is 106 cm³/mol. The third-order valence-electron chi connectivity index (χ3n) is 4.02. The molecule has 3 aromatic rings. The third-order valence-corrected chi connectivity index (χ3v) is 4.94. The quantitative estimate of drug-likeness (QED) is 0.568. The van der Waals surface area contributed by atoms with Crippen molar-refractivity contribution in [3.63, 3.8) is 0 Å². The van der Waals surface area contributed by atoms with Crippen LogP contribution in [0.3, 0.4) is 0 Å². The van der Waals surface area contributed by atoms with E-state index in [2.05, 4.69) is 20.7 Å². The minimum Gasteiger partial charge on any atom is -0.326 e. The molecule has 0 aliphatic heterocycles. The molecule has 3 rings (SSSR count). The number of rotatable bonds is 8. The number of nitrogens with one attached hydrogen (secondary N) is 2. The summed E-state index contributed by atoms with van der Waals surface area (Å²) in [5.41, 5.74) is 1.19. The van der Waals surface area contributed by atoms with E-state index in [0.717, 1.165) is 0 Å². The van der Waals surface area contributed by atoms with Crippen LogP contribution in [0.15, 0.2) is 54.4 Å². The molecule has 2 amide bonds. The van der Waals surface area contributed by atoms with Crippen LogP contribution in [-0.4, -0.2) is 32.4 Å². The molecule has 0 aliphatic carbocycles. The van der Waals surface area contributed by atoms with E-state index in [1.54, 1.807) is 37.3 Å². The maximum atomic E-state index is 12.2. The maximum Gasteiger partial charge on any atom is 0.249 e. The molecule has 144 valence electrons. The maximum absolute atomic E-state index is 12.2. The van der Waals surface area contributed by atoms with Gasteiger partial charge in [0.25, 0.3) is 0 Å². The monoisotopic (exact) mass is 397 g/mol. The van der Waals surface area contributed by atoms with Crippen LogP contribution >= 0.6 is 11.3 Å². The standard InChI is InChI=1S/C19H19N5O3S/c1-13(24-12-20-11-21-24)19(27)23-15-6-4-14(5-7-15)22-18(26)9-8-16(25)17-3-2-10-28-17/h2-7,10-13H,8-9H2,1H3,(H,22,26)(H,23,27). The van der Waals surface area contributed by atoms with Gasteiger partial charge in [-0.1, -0.05) is 6.07 Å². The number of nitrogens with zero attached hydrogens (tertiary/aromatic N) is 3. The van der Waals surface area contributed by atoms with Gasteiger partial charge in [0.05, 0.1) is 4.88 Å². The fourth-order valence-electron chi connectivity index (χ4n) is 2.43. The fourth-order valence-corrected chi connectivity index (χ4v) is 3.13. The van der Waals surface area contributed by atoms with Gasteiger partial charge in [-0.25, -0.2) is 9.67 Å². The van der Waals surface area contributed by atoms with Crippen molar-refractivity contribution in [1.29, 1.82) is 0 Å². The number of ketones is 1. The molecule has 0 fully saturated rings. The number of anilines is 2. The number of hydrogen-bond acceptors (Lipinski definition) is 6. The molecular weight excluding hydrogens is 378 g/mol. The minimum atomic E-state index is -0.497. The lowest BCUT2D eigenvalue weighted by Crippen LogP contribution is -2.24. The highest BCUT2D eigenvalue weighted by Crippen LogP contribution is 2.17. The molecule has 0 saturated heterocycles. The Labute approximate surface area is 165 Å². The van der Waals surface area contributed by atoms with Gasteiger partial charge < -0.3 is 10.6 Å². The largest absolute Gasteiger partial charge is 0.326 e. The van der Waals surface area contributed by atoms with Crippen LogP contribution in [0.2, 0.25) is 0 Å². The van der Waals surface area contributed by atoms with Gasteiger partial charge in [0.2, 0.25) is 11.8 Å². The summed E-state index contributed by atoms with van der Waals surface area (Å²) in [5, 5.41) is 11.3. The summed E-state index contributed by atoms with van der Waals surface area (Å²) < 4.78 is 1.46. The highest BCUT2D eigenvalue weighted by molar-refractivity contribution is 7.12. The van der Waals surface area contributed by atoms with Crippen LogP contribution in [-0.2, 0) is 9.59 Å². The van der Waals surface area contributed by atoms with Gasteiger partial charge >= 0.3 is 0 Å². The lowest BCUT2D eigenvalue weighted by molar-refractivity contribution is -0.119. The topological polar surface area (TPSA) is 106 Å². The number of benzene rings is 1. The fraction of sp³-hybridized carbons (Fsp3) is 0.211. The molecule has 28 heavy (non-hydrogen) atoms. The summed E-state index contributed by atoms with van der Waals surface area (Å²) >= 11 is 1.37. The third kappa shape index (κ3) is 5.10. The molecule has 8 nitrogen and oxygen atoms in total. The predicted octanol–water partition coefficient (Wildman–Crippen LogP) is 3.14. The second-order valence-corrected chi connectivity index (χ2v) is 7.01. The molecule has 0 radical (unpaired) electrons. The van der Waals surface area contributed by atoms with E-state index < -0.39 is 6.04 Å². The van der Waals surface area contributed by atoms with Crippen LogP contribution < -0.4 is 10.6 Å². The van der Waals surface area contributed by atoms with Gasteiger partial charge in [-0.3, -0.25) is 14.4 Å². The molecule has 1 atom stereocenters. The van der Waals surface area contributed by atoms with E-state index in [1.165, 1.54) is 28.7 Å². The first-order chi connectivity index (χ1) is 13.5. The first kappa shape index (κ1) is 19.4. The zero-order chi connectivity index (χ0) is 19.9. The van der Waals surface area contributed by atoms with Crippen molar-refractivity contribution in [3.8, 4) is 0 Å². The van der Waals surface area contributed by atoms with Crippen molar-refractivity contribution >= 4 is 40.3 Å². The van der Waals surface area contributed by atoms with Gasteiger partial charge in [0.1, 0.15) is 18.7 Å². The Kier molecular flexibility index (Phi) is 6.28. The van der Waals surface area contributed by atoms with Gasteiger partial charge in [0, 0.05) is 24.2 Å². The van der Waals surface area contributed by atoms with Gasteiger partial charge in [-0.2, -0.15) is 5.10 Å². The van der Waals surface area contributed by atoms with E-state index in [4.69, 9.17) is 0 Å². The van der Waals surface area contributed by atoms with E-state index >= 15 is 0 Å². The molecule has 1 aromatic carbocycles. The summed E-state index contributed by atoms with van der Waals surface area (Å²) in [6.07, 6.45) is 3.13. The zero-order valence-corrected chi connectivity index (χ0v) is 16.0.